The van der Waals surface area contributed by atoms with Gasteiger partial charge in [0, 0.05) is 11.9 Å². The Balaban J connectivity index is 1.62. The largest absolute Gasteiger partial charge is 0.315 e. The quantitative estimate of drug-likeness (QED) is 0.714. The van der Waals surface area contributed by atoms with E-state index in [1.54, 1.807) is 0 Å². The van der Waals surface area contributed by atoms with E-state index < -0.39 is 0 Å². The summed E-state index contributed by atoms with van der Waals surface area (Å²) in [5.41, 5.74) is 0. The SMILES string of the molecule is CC(C)C(Cl)CNCC1CC2CCC1C2. The van der Waals surface area contributed by atoms with E-state index in [1.807, 2.05) is 0 Å². The third-order valence-electron chi connectivity index (χ3n) is 4.35. The summed E-state index contributed by atoms with van der Waals surface area (Å²) >= 11 is 6.22. The van der Waals surface area contributed by atoms with Crippen LogP contribution in [0.3, 0.4) is 0 Å². The van der Waals surface area contributed by atoms with Crippen molar-refractivity contribution in [2.24, 2.45) is 23.7 Å². The van der Waals surface area contributed by atoms with Crippen LogP contribution in [0.4, 0.5) is 0 Å². The predicted octanol–water partition coefficient (Wildman–Crippen LogP) is 3.28. The minimum atomic E-state index is 0.295. The molecule has 2 aliphatic carbocycles. The zero-order chi connectivity index (χ0) is 10.8. The maximum atomic E-state index is 6.22. The smallest absolute Gasteiger partial charge is 0.0483 e. The van der Waals surface area contributed by atoms with Gasteiger partial charge in [0.2, 0.25) is 0 Å². The molecule has 0 aliphatic heterocycles. The normalized spacial score (nSPS) is 36.4. The van der Waals surface area contributed by atoms with E-state index >= 15 is 0 Å². The second-order valence-electron chi connectivity index (χ2n) is 5.85. The number of nitrogens with one attached hydrogen (secondary N) is 1. The van der Waals surface area contributed by atoms with Gasteiger partial charge in [0.1, 0.15) is 0 Å². The average molecular weight is 230 g/mol. The van der Waals surface area contributed by atoms with E-state index in [0.717, 1.165) is 24.3 Å². The van der Waals surface area contributed by atoms with Crippen LogP contribution in [0.5, 0.6) is 0 Å². The molecule has 0 saturated heterocycles. The van der Waals surface area contributed by atoms with Crippen molar-refractivity contribution in [3.8, 4) is 0 Å². The highest BCUT2D eigenvalue weighted by Crippen LogP contribution is 2.47. The number of rotatable bonds is 5. The molecule has 1 nitrogen and oxygen atoms in total. The van der Waals surface area contributed by atoms with Gasteiger partial charge in [-0.3, -0.25) is 0 Å². The number of fused-ring (bicyclic) bond motifs is 2. The third kappa shape index (κ3) is 2.88. The minimum absolute atomic E-state index is 0.295. The summed E-state index contributed by atoms with van der Waals surface area (Å²) in [6, 6.07) is 0. The molecular weight excluding hydrogens is 206 g/mol. The first kappa shape index (κ1) is 11.7. The molecule has 0 heterocycles. The maximum Gasteiger partial charge on any atom is 0.0483 e. The zero-order valence-electron chi connectivity index (χ0n) is 10.0. The first-order valence-electron chi connectivity index (χ1n) is 6.51. The van der Waals surface area contributed by atoms with Gasteiger partial charge in [0.15, 0.2) is 0 Å². The topological polar surface area (TPSA) is 12.0 Å². The summed E-state index contributed by atoms with van der Waals surface area (Å²) in [7, 11) is 0. The van der Waals surface area contributed by atoms with Crippen LogP contribution in [0, 0.1) is 23.7 Å². The van der Waals surface area contributed by atoms with Gasteiger partial charge in [-0.15, -0.1) is 11.6 Å². The maximum absolute atomic E-state index is 6.22. The highest BCUT2D eigenvalue weighted by Gasteiger charge is 2.38. The van der Waals surface area contributed by atoms with Gasteiger partial charge < -0.3 is 5.32 Å². The Kier molecular flexibility index (Phi) is 3.95. The molecule has 2 aliphatic rings. The predicted molar refractivity (Wildman–Crippen MR) is 66.3 cm³/mol. The van der Waals surface area contributed by atoms with Gasteiger partial charge in [-0.1, -0.05) is 20.3 Å². The van der Waals surface area contributed by atoms with Gasteiger partial charge in [0.25, 0.3) is 0 Å². The third-order valence-corrected chi connectivity index (χ3v) is 5.01. The minimum Gasteiger partial charge on any atom is -0.315 e. The molecule has 0 aromatic carbocycles. The molecule has 2 saturated carbocycles. The van der Waals surface area contributed by atoms with E-state index in [1.165, 1.54) is 32.2 Å². The van der Waals surface area contributed by atoms with Crippen molar-refractivity contribution in [2.45, 2.75) is 44.9 Å². The summed E-state index contributed by atoms with van der Waals surface area (Å²) in [6.45, 7) is 6.57. The van der Waals surface area contributed by atoms with E-state index in [4.69, 9.17) is 11.6 Å². The van der Waals surface area contributed by atoms with Crippen molar-refractivity contribution in [1.82, 2.24) is 5.32 Å². The fourth-order valence-corrected chi connectivity index (χ4v) is 3.38. The first-order valence-corrected chi connectivity index (χ1v) is 6.95. The molecule has 1 N–H and O–H groups in total. The fourth-order valence-electron chi connectivity index (χ4n) is 3.27. The van der Waals surface area contributed by atoms with Crippen LogP contribution in [0.15, 0.2) is 0 Å². The molecule has 15 heavy (non-hydrogen) atoms. The first-order chi connectivity index (χ1) is 7.16. The highest BCUT2D eigenvalue weighted by atomic mass is 35.5. The van der Waals surface area contributed by atoms with Crippen LogP contribution in [-0.2, 0) is 0 Å². The Hall–Kier alpha value is 0.250. The monoisotopic (exact) mass is 229 g/mol. The summed E-state index contributed by atoms with van der Waals surface area (Å²) in [5, 5.41) is 3.86. The lowest BCUT2D eigenvalue weighted by atomic mass is 9.89. The molecule has 4 atom stereocenters. The summed E-state index contributed by atoms with van der Waals surface area (Å²) in [6.07, 6.45) is 5.99. The van der Waals surface area contributed by atoms with Crippen molar-refractivity contribution in [3.63, 3.8) is 0 Å². The van der Waals surface area contributed by atoms with Crippen molar-refractivity contribution >= 4 is 11.6 Å². The molecule has 0 spiro atoms. The summed E-state index contributed by atoms with van der Waals surface area (Å²) in [5.74, 6) is 3.65. The zero-order valence-corrected chi connectivity index (χ0v) is 10.8. The standard InChI is InChI=1S/C13H24ClN/c1-9(2)13(14)8-15-7-12-6-10-3-4-11(12)5-10/h9-13,15H,3-8H2,1-2H3. The van der Waals surface area contributed by atoms with Crippen LogP contribution in [0.25, 0.3) is 0 Å². The molecule has 88 valence electrons. The number of halogens is 1. The number of hydrogen-bond acceptors (Lipinski definition) is 1. The number of hydrogen-bond donors (Lipinski definition) is 1. The molecule has 2 heteroatoms. The van der Waals surface area contributed by atoms with E-state index in [0.29, 0.717) is 11.3 Å². The van der Waals surface area contributed by atoms with Crippen LogP contribution in [0.1, 0.15) is 39.5 Å². The number of alkyl halides is 1. The lowest BCUT2D eigenvalue weighted by Crippen LogP contribution is -2.32. The van der Waals surface area contributed by atoms with Crippen LogP contribution in [0.2, 0.25) is 0 Å². The summed E-state index contributed by atoms with van der Waals surface area (Å²) in [4.78, 5) is 0. The molecule has 2 fully saturated rings. The second-order valence-corrected chi connectivity index (χ2v) is 6.41. The molecule has 2 bridgehead atoms. The Morgan fingerprint density at radius 1 is 1.27 bits per heavy atom. The summed E-state index contributed by atoms with van der Waals surface area (Å²) < 4.78 is 0. The van der Waals surface area contributed by atoms with Crippen molar-refractivity contribution < 1.29 is 0 Å². The second kappa shape index (κ2) is 5.05. The van der Waals surface area contributed by atoms with Crippen LogP contribution < -0.4 is 5.32 Å². The van der Waals surface area contributed by atoms with Crippen LogP contribution >= 0.6 is 11.6 Å². The van der Waals surface area contributed by atoms with Gasteiger partial charge >= 0.3 is 0 Å². The van der Waals surface area contributed by atoms with Crippen molar-refractivity contribution in [3.05, 3.63) is 0 Å². The van der Waals surface area contributed by atoms with E-state index in [2.05, 4.69) is 19.2 Å². The van der Waals surface area contributed by atoms with Crippen molar-refractivity contribution in [2.75, 3.05) is 13.1 Å². The molecule has 0 aromatic rings. The Bertz CT molecular complexity index is 205. The Labute approximate surface area is 99.0 Å². The lowest BCUT2D eigenvalue weighted by molar-refractivity contribution is 0.317. The molecular formula is C13H24ClN. The average Bonchev–Trinajstić information content (AvgIpc) is 2.78. The lowest BCUT2D eigenvalue weighted by Gasteiger charge is -2.23. The van der Waals surface area contributed by atoms with Crippen molar-refractivity contribution in [1.29, 1.82) is 0 Å². The highest BCUT2D eigenvalue weighted by molar-refractivity contribution is 6.20. The molecule has 2 rings (SSSR count). The molecule has 0 amide bonds. The van der Waals surface area contributed by atoms with Gasteiger partial charge in [-0.2, -0.15) is 0 Å². The molecule has 0 radical (unpaired) electrons. The van der Waals surface area contributed by atoms with E-state index in [-0.39, 0.29) is 0 Å². The van der Waals surface area contributed by atoms with Gasteiger partial charge in [-0.05, 0) is 49.5 Å². The van der Waals surface area contributed by atoms with Gasteiger partial charge in [0.05, 0.1) is 0 Å². The van der Waals surface area contributed by atoms with Crippen LogP contribution in [-0.4, -0.2) is 18.5 Å². The molecule has 0 aromatic heterocycles. The Morgan fingerprint density at radius 3 is 2.60 bits per heavy atom. The fraction of sp³-hybridized carbons (Fsp3) is 1.00. The molecule has 4 unspecified atom stereocenters. The van der Waals surface area contributed by atoms with E-state index in [9.17, 15) is 0 Å². The van der Waals surface area contributed by atoms with Gasteiger partial charge in [-0.25, -0.2) is 0 Å². The Morgan fingerprint density at radius 2 is 2.07 bits per heavy atom.